The Balaban J connectivity index is 1.95. The van der Waals surface area contributed by atoms with Crippen molar-refractivity contribution in [1.29, 1.82) is 0 Å². The fraction of sp³-hybridized carbons (Fsp3) is 0.400. The standard InChI is InChI=1S/C15H18N2O2S2/c1-17(9-5-6-20-8-9)15(18)14-13(16)11-4-3-10(19-2)7-12(11)21-14/h3-4,7,9H,5-6,8,16H2,1-2H3. The maximum Gasteiger partial charge on any atom is 0.266 e. The van der Waals surface area contributed by atoms with E-state index in [1.807, 2.05) is 41.9 Å². The van der Waals surface area contributed by atoms with E-state index in [0.717, 1.165) is 33.8 Å². The van der Waals surface area contributed by atoms with Gasteiger partial charge in [-0.3, -0.25) is 4.79 Å². The number of nitrogen functional groups attached to an aromatic ring is 1. The number of thiophene rings is 1. The molecule has 1 aromatic carbocycles. The number of nitrogens with zero attached hydrogens (tertiary/aromatic N) is 1. The monoisotopic (exact) mass is 322 g/mol. The SMILES string of the molecule is COc1ccc2c(N)c(C(=O)N(C)C3CCSC3)sc2c1. The van der Waals surface area contributed by atoms with Gasteiger partial charge in [-0.1, -0.05) is 0 Å². The zero-order valence-corrected chi connectivity index (χ0v) is 13.7. The second kappa shape index (κ2) is 5.77. The van der Waals surface area contributed by atoms with Gasteiger partial charge in [-0.05, 0) is 30.4 Å². The lowest BCUT2D eigenvalue weighted by Crippen LogP contribution is -2.36. The average Bonchev–Trinajstić information content (AvgIpc) is 3.14. The zero-order chi connectivity index (χ0) is 15.0. The number of ether oxygens (including phenoxy) is 1. The molecule has 0 bridgehead atoms. The zero-order valence-electron chi connectivity index (χ0n) is 12.1. The van der Waals surface area contributed by atoms with Gasteiger partial charge >= 0.3 is 0 Å². The van der Waals surface area contributed by atoms with Crippen molar-refractivity contribution < 1.29 is 9.53 Å². The molecule has 2 heterocycles. The molecule has 0 spiro atoms. The number of benzene rings is 1. The van der Waals surface area contributed by atoms with E-state index in [0.29, 0.717) is 16.6 Å². The molecule has 1 aliphatic heterocycles. The van der Waals surface area contributed by atoms with Crippen LogP contribution < -0.4 is 10.5 Å². The molecule has 1 aliphatic rings. The number of methoxy groups -OCH3 is 1. The number of hydrogen-bond acceptors (Lipinski definition) is 5. The van der Waals surface area contributed by atoms with Gasteiger partial charge in [0.05, 0.1) is 12.8 Å². The predicted octanol–water partition coefficient (Wildman–Crippen LogP) is 3.07. The molecule has 6 heteroatoms. The van der Waals surface area contributed by atoms with Gasteiger partial charge in [-0.25, -0.2) is 0 Å². The van der Waals surface area contributed by atoms with E-state index in [1.165, 1.54) is 11.3 Å². The summed E-state index contributed by atoms with van der Waals surface area (Å²) in [5.41, 5.74) is 6.77. The van der Waals surface area contributed by atoms with Crippen LogP contribution in [0.1, 0.15) is 16.1 Å². The number of hydrogen-bond donors (Lipinski definition) is 1. The number of fused-ring (bicyclic) bond motifs is 1. The third kappa shape index (κ3) is 2.58. The van der Waals surface area contributed by atoms with Crippen LogP contribution in [0.25, 0.3) is 10.1 Å². The van der Waals surface area contributed by atoms with E-state index in [9.17, 15) is 4.79 Å². The highest BCUT2D eigenvalue weighted by molar-refractivity contribution is 7.99. The third-order valence-electron chi connectivity index (χ3n) is 3.90. The summed E-state index contributed by atoms with van der Waals surface area (Å²) in [6, 6.07) is 6.04. The molecule has 0 saturated carbocycles. The number of nitrogens with two attached hydrogens (primary N) is 1. The fourth-order valence-corrected chi connectivity index (χ4v) is 4.94. The van der Waals surface area contributed by atoms with Crippen molar-refractivity contribution in [3.05, 3.63) is 23.1 Å². The summed E-state index contributed by atoms with van der Waals surface area (Å²) in [6.45, 7) is 0. The molecular weight excluding hydrogens is 304 g/mol. The molecule has 1 unspecified atom stereocenters. The van der Waals surface area contributed by atoms with Gasteiger partial charge in [0.25, 0.3) is 5.91 Å². The number of rotatable bonds is 3. The van der Waals surface area contributed by atoms with Crippen molar-refractivity contribution in [3.8, 4) is 5.75 Å². The lowest BCUT2D eigenvalue weighted by molar-refractivity contribution is 0.0754. The van der Waals surface area contributed by atoms with Crippen LogP contribution in [0.3, 0.4) is 0 Å². The minimum Gasteiger partial charge on any atom is -0.497 e. The van der Waals surface area contributed by atoms with Crippen LogP contribution in [0, 0.1) is 0 Å². The average molecular weight is 322 g/mol. The first-order chi connectivity index (χ1) is 10.1. The maximum atomic E-state index is 12.7. The van der Waals surface area contributed by atoms with E-state index in [4.69, 9.17) is 10.5 Å². The largest absolute Gasteiger partial charge is 0.497 e. The summed E-state index contributed by atoms with van der Waals surface area (Å²) in [7, 11) is 3.51. The van der Waals surface area contributed by atoms with E-state index in [2.05, 4.69) is 0 Å². The summed E-state index contributed by atoms with van der Waals surface area (Å²) < 4.78 is 6.22. The van der Waals surface area contributed by atoms with Crippen molar-refractivity contribution in [1.82, 2.24) is 4.90 Å². The van der Waals surface area contributed by atoms with Crippen molar-refractivity contribution >= 4 is 44.8 Å². The number of amides is 1. The quantitative estimate of drug-likeness (QED) is 0.943. The Bertz CT molecular complexity index is 678. The Morgan fingerprint density at radius 2 is 2.29 bits per heavy atom. The van der Waals surface area contributed by atoms with Crippen LogP contribution in [0.15, 0.2) is 18.2 Å². The van der Waals surface area contributed by atoms with Gasteiger partial charge in [-0.15, -0.1) is 11.3 Å². The molecule has 112 valence electrons. The minimum absolute atomic E-state index is 0.0279. The lowest BCUT2D eigenvalue weighted by atomic mass is 10.2. The first-order valence-electron chi connectivity index (χ1n) is 6.82. The molecule has 1 fully saturated rings. The van der Waals surface area contributed by atoms with Crippen LogP contribution in [0.4, 0.5) is 5.69 Å². The molecule has 4 nitrogen and oxygen atoms in total. The van der Waals surface area contributed by atoms with Crippen molar-refractivity contribution in [3.63, 3.8) is 0 Å². The van der Waals surface area contributed by atoms with Crippen LogP contribution >= 0.6 is 23.1 Å². The van der Waals surface area contributed by atoms with Gasteiger partial charge in [-0.2, -0.15) is 11.8 Å². The van der Waals surface area contributed by atoms with Crippen LogP contribution in [-0.4, -0.2) is 42.5 Å². The molecule has 2 aromatic rings. The van der Waals surface area contributed by atoms with Crippen molar-refractivity contribution in [2.45, 2.75) is 12.5 Å². The topological polar surface area (TPSA) is 55.6 Å². The van der Waals surface area contributed by atoms with E-state index < -0.39 is 0 Å². The Morgan fingerprint density at radius 1 is 1.48 bits per heavy atom. The smallest absolute Gasteiger partial charge is 0.266 e. The number of carbonyl (C=O) groups excluding carboxylic acids is 1. The Kier molecular flexibility index (Phi) is 3.99. The molecule has 0 radical (unpaired) electrons. The van der Waals surface area contributed by atoms with E-state index in [1.54, 1.807) is 7.11 Å². The fourth-order valence-electron chi connectivity index (χ4n) is 2.54. The Labute approximate surface area is 132 Å². The predicted molar refractivity (Wildman–Crippen MR) is 90.6 cm³/mol. The van der Waals surface area contributed by atoms with Crippen LogP contribution in [0.2, 0.25) is 0 Å². The number of carbonyl (C=O) groups is 1. The van der Waals surface area contributed by atoms with Gasteiger partial charge in [0.1, 0.15) is 10.6 Å². The first-order valence-corrected chi connectivity index (χ1v) is 8.80. The summed E-state index contributed by atoms with van der Waals surface area (Å²) in [6.07, 6.45) is 1.06. The van der Waals surface area contributed by atoms with Gasteiger partial charge < -0.3 is 15.4 Å². The molecule has 1 amide bonds. The molecule has 1 aromatic heterocycles. The highest BCUT2D eigenvalue weighted by Gasteiger charge is 2.27. The van der Waals surface area contributed by atoms with Gasteiger partial charge in [0.2, 0.25) is 0 Å². The molecule has 1 saturated heterocycles. The highest BCUT2D eigenvalue weighted by Crippen LogP contribution is 2.37. The Hall–Kier alpha value is -1.40. The summed E-state index contributed by atoms with van der Waals surface area (Å²) in [4.78, 5) is 15.2. The van der Waals surface area contributed by atoms with Gasteiger partial charge in [0, 0.05) is 28.9 Å². The number of anilines is 1. The van der Waals surface area contributed by atoms with Crippen molar-refractivity contribution in [2.75, 3.05) is 31.4 Å². The normalized spacial score (nSPS) is 18.1. The Morgan fingerprint density at radius 3 is 2.95 bits per heavy atom. The summed E-state index contributed by atoms with van der Waals surface area (Å²) in [5.74, 6) is 2.95. The second-order valence-electron chi connectivity index (χ2n) is 5.14. The maximum absolute atomic E-state index is 12.7. The minimum atomic E-state index is 0.0279. The second-order valence-corrected chi connectivity index (χ2v) is 7.34. The summed E-state index contributed by atoms with van der Waals surface area (Å²) >= 11 is 3.34. The molecule has 3 rings (SSSR count). The van der Waals surface area contributed by atoms with Crippen molar-refractivity contribution in [2.24, 2.45) is 0 Å². The molecular formula is C15H18N2O2S2. The summed E-state index contributed by atoms with van der Waals surface area (Å²) in [5, 5.41) is 0.929. The number of thioether (sulfide) groups is 1. The van der Waals surface area contributed by atoms with Gasteiger partial charge in [0.15, 0.2) is 0 Å². The first kappa shape index (κ1) is 14.5. The van der Waals surface area contributed by atoms with E-state index >= 15 is 0 Å². The highest BCUT2D eigenvalue weighted by atomic mass is 32.2. The van der Waals surface area contributed by atoms with Crippen LogP contribution in [0.5, 0.6) is 5.75 Å². The molecule has 2 N–H and O–H groups in total. The van der Waals surface area contributed by atoms with E-state index in [-0.39, 0.29) is 5.91 Å². The lowest BCUT2D eigenvalue weighted by Gasteiger charge is -2.23. The molecule has 1 atom stereocenters. The van der Waals surface area contributed by atoms with Crippen LogP contribution in [-0.2, 0) is 0 Å². The molecule has 21 heavy (non-hydrogen) atoms. The molecule has 0 aliphatic carbocycles. The third-order valence-corrected chi connectivity index (χ3v) is 6.20.